The van der Waals surface area contributed by atoms with Crippen molar-refractivity contribution in [1.29, 1.82) is 0 Å². The van der Waals surface area contributed by atoms with Gasteiger partial charge in [0.1, 0.15) is 5.82 Å². The van der Waals surface area contributed by atoms with Gasteiger partial charge < -0.3 is 10.3 Å². The van der Waals surface area contributed by atoms with Gasteiger partial charge in [-0.3, -0.25) is 0 Å². The van der Waals surface area contributed by atoms with Crippen molar-refractivity contribution in [2.75, 3.05) is 0 Å². The number of nitrogens with zero attached hydrogens (tertiary/aromatic N) is 1. The van der Waals surface area contributed by atoms with Crippen LogP contribution in [0.25, 0.3) is 0 Å². The van der Waals surface area contributed by atoms with E-state index in [9.17, 15) is 0 Å². The summed E-state index contributed by atoms with van der Waals surface area (Å²) in [4.78, 5) is 7.31. The minimum absolute atomic E-state index is 0.773. The van der Waals surface area contributed by atoms with Gasteiger partial charge in [0.05, 0.1) is 6.54 Å². The van der Waals surface area contributed by atoms with Gasteiger partial charge in [0, 0.05) is 18.4 Å². The fourth-order valence-corrected chi connectivity index (χ4v) is 2.58. The molecule has 70 valence electrons. The maximum atomic E-state index is 4.20. The zero-order valence-corrected chi connectivity index (χ0v) is 7.66. The Hall–Kier alpha value is -0.830. The summed E-state index contributed by atoms with van der Waals surface area (Å²) in [6.07, 6.45) is 7.98. The first-order valence-corrected chi connectivity index (χ1v) is 5.15. The number of aromatic amines is 1. The number of hydrogen-bond acceptors (Lipinski definition) is 2. The van der Waals surface area contributed by atoms with Crippen molar-refractivity contribution in [3.63, 3.8) is 0 Å². The van der Waals surface area contributed by atoms with Crippen molar-refractivity contribution in [3.8, 4) is 0 Å². The Morgan fingerprint density at radius 3 is 3.15 bits per heavy atom. The number of nitrogens with one attached hydrogen (secondary N) is 2. The van der Waals surface area contributed by atoms with E-state index in [-0.39, 0.29) is 0 Å². The lowest BCUT2D eigenvalue weighted by atomic mass is 10.2. The molecule has 1 aromatic rings. The summed E-state index contributed by atoms with van der Waals surface area (Å²) >= 11 is 0. The Morgan fingerprint density at radius 2 is 2.54 bits per heavy atom. The van der Waals surface area contributed by atoms with Gasteiger partial charge in [-0.05, 0) is 31.1 Å². The molecule has 1 aromatic heterocycles. The van der Waals surface area contributed by atoms with Crippen molar-refractivity contribution in [2.24, 2.45) is 11.8 Å². The van der Waals surface area contributed by atoms with Gasteiger partial charge in [-0.25, -0.2) is 4.98 Å². The lowest BCUT2D eigenvalue weighted by Crippen LogP contribution is -2.28. The monoisotopic (exact) mass is 177 g/mol. The smallest absolute Gasteiger partial charge is 0.120 e. The molecule has 3 heteroatoms. The minimum Gasteiger partial charge on any atom is -0.348 e. The third-order valence-electron chi connectivity index (χ3n) is 3.43. The molecule has 0 aromatic carbocycles. The molecule has 2 saturated carbocycles. The maximum Gasteiger partial charge on any atom is 0.120 e. The normalized spacial score (nSPS) is 36.2. The second-order valence-electron chi connectivity index (χ2n) is 4.26. The molecule has 2 aliphatic carbocycles. The molecule has 3 atom stereocenters. The highest BCUT2D eigenvalue weighted by Gasteiger charge is 2.47. The van der Waals surface area contributed by atoms with Gasteiger partial charge in [-0.1, -0.05) is 0 Å². The first-order valence-electron chi connectivity index (χ1n) is 5.15. The number of aromatic nitrogens is 2. The number of fused-ring (bicyclic) bond motifs is 1. The van der Waals surface area contributed by atoms with Crippen LogP contribution in [-0.4, -0.2) is 16.0 Å². The predicted molar refractivity (Wildman–Crippen MR) is 50.0 cm³/mol. The third-order valence-corrected chi connectivity index (χ3v) is 3.43. The summed E-state index contributed by atoms with van der Waals surface area (Å²) in [5, 5.41) is 3.58. The second kappa shape index (κ2) is 2.84. The van der Waals surface area contributed by atoms with Crippen molar-refractivity contribution in [2.45, 2.75) is 31.8 Å². The van der Waals surface area contributed by atoms with Crippen molar-refractivity contribution < 1.29 is 0 Å². The van der Waals surface area contributed by atoms with Crippen molar-refractivity contribution in [1.82, 2.24) is 15.3 Å². The van der Waals surface area contributed by atoms with Gasteiger partial charge in [0.2, 0.25) is 0 Å². The SMILES string of the molecule is c1c[nH]c(CNC2CCC3CC32)n1. The summed E-state index contributed by atoms with van der Waals surface area (Å²) in [5.74, 6) is 3.12. The highest BCUT2D eigenvalue weighted by atomic mass is 15.0. The van der Waals surface area contributed by atoms with Crippen LogP contribution in [0.3, 0.4) is 0 Å². The fourth-order valence-electron chi connectivity index (χ4n) is 2.58. The number of rotatable bonds is 3. The second-order valence-corrected chi connectivity index (χ2v) is 4.26. The average molecular weight is 177 g/mol. The van der Waals surface area contributed by atoms with E-state index in [1.807, 2.05) is 12.4 Å². The topological polar surface area (TPSA) is 40.7 Å². The van der Waals surface area contributed by atoms with Crippen LogP contribution in [0.1, 0.15) is 25.1 Å². The molecule has 3 unspecified atom stereocenters. The van der Waals surface area contributed by atoms with Crippen LogP contribution < -0.4 is 5.32 Å². The molecule has 0 bridgehead atoms. The summed E-state index contributed by atoms with van der Waals surface area (Å²) in [7, 11) is 0. The molecular weight excluding hydrogens is 162 g/mol. The molecule has 3 rings (SSSR count). The Kier molecular flexibility index (Phi) is 1.65. The molecule has 0 saturated heterocycles. The van der Waals surface area contributed by atoms with E-state index in [1.54, 1.807) is 0 Å². The quantitative estimate of drug-likeness (QED) is 0.730. The molecule has 2 N–H and O–H groups in total. The van der Waals surface area contributed by atoms with E-state index in [0.29, 0.717) is 0 Å². The van der Waals surface area contributed by atoms with Crippen LogP contribution in [0.2, 0.25) is 0 Å². The van der Waals surface area contributed by atoms with Crippen molar-refractivity contribution in [3.05, 3.63) is 18.2 Å². The van der Waals surface area contributed by atoms with E-state index >= 15 is 0 Å². The molecule has 0 aliphatic heterocycles. The molecule has 0 spiro atoms. The largest absolute Gasteiger partial charge is 0.348 e. The predicted octanol–water partition coefficient (Wildman–Crippen LogP) is 1.30. The van der Waals surface area contributed by atoms with E-state index < -0.39 is 0 Å². The first-order chi connectivity index (χ1) is 6.43. The average Bonchev–Trinajstić information content (AvgIpc) is 2.64. The van der Waals surface area contributed by atoms with Crippen LogP contribution in [0, 0.1) is 11.8 Å². The highest BCUT2D eigenvalue weighted by Crippen LogP contribution is 2.51. The van der Waals surface area contributed by atoms with Crippen LogP contribution in [-0.2, 0) is 6.54 Å². The number of hydrogen-bond donors (Lipinski definition) is 2. The van der Waals surface area contributed by atoms with Gasteiger partial charge in [0.15, 0.2) is 0 Å². The summed E-state index contributed by atoms with van der Waals surface area (Å²) < 4.78 is 0. The molecule has 1 heterocycles. The summed E-state index contributed by atoms with van der Waals surface area (Å²) in [5.41, 5.74) is 0. The molecule has 0 radical (unpaired) electrons. The van der Waals surface area contributed by atoms with E-state index in [0.717, 1.165) is 30.2 Å². The third kappa shape index (κ3) is 1.37. The zero-order chi connectivity index (χ0) is 8.67. The Morgan fingerprint density at radius 1 is 1.54 bits per heavy atom. The highest BCUT2D eigenvalue weighted by molar-refractivity contribution is 5.01. The van der Waals surface area contributed by atoms with Crippen molar-refractivity contribution >= 4 is 0 Å². The van der Waals surface area contributed by atoms with Crippen LogP contribution >= 0.6 is 0 Å². The molecular formula is C10H15N3. The maximum absolute atomic E-state index is 4.20. The number of H-pyrrole nitrogens is 1. The van der Waals surface area contributed by atoms with Gasteiger partial charge >= 0.3 is 0 Å². The fraction of sp³-hybridized carbons (Fsp3) is 0.700. The number of imidazole rings is 1. The van der Waals surface area contributed by atoms with E-state index in [1.165, 1.54) is 19.3 Å². The van der Waals surface area contributed by atoms with E-state index in [4.69, 9.17) is 0 Å². The Balaban J connectivity index is 1.53. The van der Waals surface area contributed by atoms with Crippen LogP contribution in [0.15, 0.2) is 12.4 Å². The van der Waals surface area contributed by atoms with E-state index in [2.05, 4.69) is 15.3 Å². The Bertz CT molecular complexity index is 280. The lowest BCUT2D eigenvalue weighted by molar-refractivity contribution is 0.468. The first kappa shape index (κ1) is 7.56. The Labute approximate surface area is 78.0 Å². The minimum atomic E-state index is 0.773. The molecule has 13 heavy (non-hydrogen) atoms. The van der Waals surface area contributed by atoms with Gasteiger partial charge in [-0.2, -0.15) is 0 Å². The molecule has 0 amide bonds. The van der Waals surface area contributed by atoms with Crippen LogP contribution in [0.5, 0.6) is 0 Å². The molecule has 2 fully saturated rings. The summed E-state index contributed by atoms with van der Waals surface area (Å²) in [6.45, 7) is 0.904. The van der Waals surface area contributed by atoms with Gasteiger partial charge in [-0.15, -0.1) is 0 Å². The van der Waals surface area contributed by atoms with Gasteiger partial charge in [0.25, 0.3) is 0 Å². The summed E-state index contributed by atoms with van der Waals surface area (Å²) in [6, 6.07) is 0.773. The molecule has 3 nitrogen and oxygen atoms in total. The standard InChI is InChI=1S/C10H15N3/c1-2-9(8-5-7(1)8)13-6-10-11-3-4-12-10/h3-4,7-9,13H,1-2,5-6H2,(H,11,12). The molecule has 2 aliphatic rings. The van der Waals surface area contributed by atoms with Crippen LogP contribution in [0.4, 0.5) is 0 Å². The lowest BCUT2D eigenvalue weighted by Gasteiger charge is -2.12. The zero-order valence-electron chi connectivity index (χ0n) is 7.66.